The number of fused-ring (bicyclic) bond motifs is 1. The summed E-state index contributed by atoms with van der Waals surface area (Å²) >= 11 is 5.07. The van der Waals surface area contributed by atoms with E-state index in [-0.39, 0.29) is 5.91 Å². The van der Waals surface area contributed by atoms with Gasteiger partial charge in [-0.2, -0.15) is 0 Å². The zero-order valence-corrected chi connectivity index (χ0v) is 11.8. The van der Waals surface area contributed by atoms with Gasteiger partial charge in [-0.1, -0.05) is 15.9 Å². The monoisotopic (exact) mass is 311 g/mol. The molecule has 0 atom stereocenters. The highest BCUT2D eigenvalue weighted by atomic mass is 79.9. The summed E-state index contributed by atoms with van der Waals surface area (Å²) in [6, 6.07) is 8.10. The second kappa shape index (κ2) is 6.17. The van der Waals surface area contributed by atoms with Gasteiger partial charge in [-0.3, -0.25) is 4.79 Å². The van der Waals surface area contributed by atoms with E-state index < -0.39 is 0 Å². The van der Waals surface area contributed by atoms with Gasteiger partial charge in [0.25, 0.3) is 0 Å². The first kappa shape index (κ1) is 12.6. The Hall–Kier alpha value is -0.870. The summed E-state index contributed by atoms with van der Waals surface area (Å²) in [5, 5.41) is 7.14. The standard InChI is InChI=1S/C13H14BrNOS/c14-7-2-1-3-13(16)15-11-4-5-12-10(9-11)6-8-17-12/h4-6,8-9H,1-3,7H2,(H,15,16). The number of carbonyl (C=O) groups is 1. The molecule has 0 radical (unpaired) electrons. The van der Waals surface area contributed by atoms with Crippen LogP contribution in [0.15, 0.2) is 29.6 Å². The fourth-order valence-electron chi connectivity index (χ4n) is 1.65. The third-order valence-corrected chi connectivity index (χ3v) is 3.98. The number of carbonyl (C=O) groups excluding carboxylic acids is 1. The van der Waals surface area contributed by atoms with E-state index in [1.807, 2.05) is 18.2 Å². The predicted molar refractivity (Wildman–Crippen MR) is 78.1 cm³/mol. The molecule has 0 saturated carbocycles. The summed E-state index contributed by atoms with van der Waals surface area (Å²) in [5.74, 6) is 0.0977. The number of hydrogen-bond acceptors (Lipinski definition) is 2. The number of hydrogen-bond donors (Lipinski definition) is 1. The Morgan fingerprint density at radius 1 is 1.29 bits per heavy atom. The molecule has 0 aliphatic carbocycles. The quantitative estimate of drug-likeness (QED) is 0.643. The van der Waals surface area contributed by atoms with E-state index in [2.05, 4.69) is 32.7 Å². The summed E-state index contributed by atoms with van der Waals surface area (Å²) in [6.07, 6.45) is 2.56. The zero-order chi connectivity index (χ0) is 12.1. The highest BCUT2D eigenvalue weighted by Crippen LogP contribution is 2.24. The molecule has 90 valence electrons. The van der Waals surface area contributed by atoms with Crippen LogP contribution in [0.1, 0.15) is 19.3 Å². The van der Waals surface area contributed by atoms with Gasteiger partial charge in [-0.25, -0.2) is 0 Å². The molecular weight excluding hydrogens is 298 g/mol. The smallest absolute Gasteiger partial charge is 0.224 e. The fraction of sp³-hybridized carbons (Fsp3) is 0.308. The van der Waals surface area contributed by atoms with E-state index in [1.54, 1.807) is 11.3 Å². The van der Waals surface area contributed by atoms with Crippen LogP contribution < -0.4 is 5.32 Å². The molecule has 0 bridgehead atoms. The van der Waals surface area contributed by atoms with Gasteiger partial charge in [0.1, 0.15) is 0 Å². The average molecular weight is 312 g/mol. The van der Waals surface area contributed by atoms with Crippen LogP contribution in [-0.2, 0) is 4.79 Å². The van der Waals surface area contributed by atoms with Gasteiger partial charge in [-0.15, -0.1) is 11.3 Å². The summed E-state index contributed by atoms with van der Waals surface area (Å²) in [4.78, 5) is 11.6. The number of unbranched alkanes of at least 4 members (excludes halogenated alkanes) is 1. The lowest BCUT2D eigenvalue weighted by Crippen LogP contribution is -2.10. The average Bonchev–Trinajstić information content (AvgIpc) is 2.76. The fourth-order valence-corrected chi connectivity index (χ4v) is 2.82. The predicted octanol–water partition coefficient (Wildman–Crippen LogP) is 4.41. The van der Waals surface area contributed by atoms with Gasteiger partial charge < -0.3 is 5.32 Å². The number of amides is 1. The lowest BCUT2D eigenvalue weighted by molar-refractivity contribution is -0.116. The van der Waals surface area contributed by atoms with Crippen LogP contribution in [-0.4, -0.2) is 11.2 Å². The molecule has 4 heteroatoms. The molecule has 2 rings (SSSR count). The molecule has 0 spiro atoms. The largest absolute Gasteiger partial charge is 0.326 e. The first-order chi connectivity index (χ1) is 8.29. The van der Waals surface area contributed by atoms with Crippen molar-refractivity contribution in [1.29, 1.82) is 0 Å². The molecule has 0 fully saturated rings. The third-order valence-electron chi connectivity index (χ3n) is 2.52. The molecule has 0 unspecified atom stereocenters. The normalized spacial score (nSPS) is 10.6. The van der Waals surface area contributed by atoms with Crippen molar-refractivity contribution in [1.82, 2.24) is 0 Å². The molecule has 1 aromatic heterocycles. The molecule has 0 saturated heterocycles. The minimum absolute atomic E-state index is 0.0977. The van der Waals surface area contributed by atoms with E-state index in [0.29, 0.717) is 6.42 Å². The van der Waals surface area contributed by atoms with Crippen molar-refractivity contribution >= 4 is 48.9 Å². The zero-order valence-electron chi connectivity index (χ0n) is 9.41. The number of nitrogens with one attached hydrogen (secondary N) is 1. The molecule has 0 aliphatic heterocycles. The van der Waals surface area contributed by atoms with Crippen molar-refractivity contribution in [2.75, 3.05) is 10.6 Å². The lowest BCUT2D eigenvalue weighted by Gasteiger charge is -2.04. The van der Waals surface area contributed by atoms with Crippen LogP contribution in [0, 0.1) is 0 Å². The van der Waals surface area contributed by atoms with Crippen molar-refractivity contribution in [2.45, 2.75) is 19.3 Å². The number of rotatable bonds is 5. The number of halogens is 1. The van der Waals surface area contributed by atoms with Gasteiger partial charge >= 0.3 is 0 Å². The van der Waals surface area contributed by atoms with Crippen molar-refractivity contribution in [3.05, 3.63) is 29.6 Å². The SMILES string of the molecule is O=C(CCCCBr)Nc1ccc2sccc2c1. The van der Waals surface area contributed by atoms with E-state index in [1.165, 1.54) is 10.1 Å². The number of alkyl halides is 1. The Morgan fingerprint density at radius 2 is 2.18 bits per heavy atom. The molecule has 2 aromatic rings. The molecule has 1 heterocycles. The Balaban J connectivity index is 1.95. The van der Waals surface area contributed by atoms with E-state index in [0.717, 1.165) is 23.9 Å². The number of anilines is 1. The van der Waals surface area contributed by atoms with Crippen molar-refractivity contribution in [3.8, 4) is 0 Å². The number of thiophene rings is 1. The van der Waals surface area contributed by atoms with Crippen LogP contribution >= 0.6 is 27.3 Å². The summed E-state index contributed by atoms with van der Waals surface area (Å²) in [6.45, 7) is 0. The van der Waals surface area contributed by atoms with E-state index in [9.17, 15) is 4.79 Å². The Morgan fingerprint density at radius 3 is 3.00 bits per heavy atom. The summed E-state index contributed by atoms with van der Waals surface area (Å²) in [5.41, 5.74) is 0.889. The van der Waals surface area contributed by atoms with Crippen LogP contribution in [0.4, 0.5) is 5.69 Å². The van der Waals surface area contributed by atoms with Crippen LogP contribution in [0.5, 0.6) is 0 Å². The minimum Gasteiger partial charge on any atom is -0.326 e. The lowest BCUT2D eigenvalue weighted by atomic mass is 10.2. The second-order valence-electron chi connectivity index (χ2n) is 3.87. The first-order valence-corrected chi connectivity index (χ1v) is 7.63. The molecule has 17 heavy (non-hydrogen) atoms. The molecule has 1 N–H and O–H groups in total. The van der Waals surface area contributed by atoms with Crippen LogP contribution in [0.2, 0.25) is 0 Å². The second-order valence-corrected chi connectivity index (χ2v) is 5.61. The summed E-state index contributed by atoms with van der Waals surface area (Å²) < 4.78 is 1.25. The van der Waals surface area contributed by atoms with E-state index >= 15 is 0 Å². The topological polar surface area (TPSA) is 29.1 Å². The summed E-state index contributed by atoms with van der Waals surface area (Å²) in [7, 11) is 0. The minimum atomic E-state index is 0.0977. The van der Waals surface area contributed by atoms with Gasteiger partial charge in [0.15, 0.2) is 0 Å². The Kier molecular flexibility index (Phi) is 4.57. The van der Waals surface area contributed by atoms with Crippen LogP contribution in [0.25, 0.3) is 10.1 Å². The van der Waals surface area contributed by atoms with Crippen molar-refractivity contribution < 1.29 is 4.79 Å². The van der Waals surface area contributed by atoms with Gasteiger partial charge in [0.05, 0.1) is 0 Å². The van der Waals surface area contributed by atoms with Gasteiger partial charge in [0.2, 0.25) is 5.91 Å². The molecule has 1 aromatic carbocycles. The molecule has 1 amide bonds. The number of benzene rings is 1. The molecule has 0 aliphatic rings. The molecule has 2 nitrogen and oxygen atoms in total. The molecular formula is C13H14BrNOS. The van der Waals surface area contributed by atoms with Crippen molar-refractivity contribution in [2.24, 2.45) is 0 Å². The third kappa shape index (κ3) is 3.54. The maximum atomic E-state index is 11.6. The van der Waals surface area contributed by atoms with Crippen LogP contribution in [0.3, 0.4) is 0 Å². The van der Waals surface area contributed by atoms with E-state index in [4.69, 9.17) is 0 Å². The van der Waals surface area contributed by atoms with Gasteiger partial charge in [0, 0.05) is 22.1 Å². The maximum Gasteiger partial charge on any atom is 0.224 e. The highest BCUT2D eigenvalue weighted by Gasteiger charge is 2.03. The Bertz CT molecular complexity index is 509. The van der Waals surface area contributed by atoms with Crippen molar-refractivity contribution in [3.63, 3.8) is 0 Å². The maximum absolute atomic E-state index is 11.6. The Labute approximate surface area is 113 Å². The first-order valence-electron chi connectivity index (χ1n) is 5.62. The van der Waals surface area contributed by atoms with Gasteiger partial charge in [-0.05, 0) is 47.9 Å². The highest BCUT2D eigenvalue weighted by molar-refractivity contribution is 9.09.